The number of benzene rings is 1. The second-order valence-corrected chi connectivity index (χ2v) is 7.72. The van der Waals surface area contributed by atoms with Gasteiger partial charge < -0.3 is 9.64 Å². The first-order valence-corrected chi connectivity index (χ1v) is 11.4. The zero-order valence-electron chi connectivity index (χ0n) is 19.5. The van der Waals surface area contributed by atoms with E-state index >= 15 is 0 Å². The highest BCUT2D eigenvalue weighted by atomic mass is 16.5. The van der Waals surface area contributed by atoms with Crippen LogP contribution in [0.25, 0.3) is 11.4 Å². The molecular formula is C26H34N4O. The van der Waals surface area contributed by atoms with Gasteiger partial charge in [-0.15, -0.1) is 0 Å². The Hall–Kier alpha value is -2.95. The summed E-state index contributed by atoms with van der Waals surface area (Å²) in [6, 6.07) is 10.3. The molecule has 1 aromatic carbocycles. The van der Waals surface area contributed by atoms with Gasteiger partial charge in [0.15, 0.2) is 5.82 Å². The van der Waals surface area contributed by atoms with Crippen molar-refractivity contribution in [1.82, 2.24) is 15.0 Å². The van der Waals surface area contributed by atoms with Gasteiger partial charge in [-0.3, -0.25) is 4.98 Å². The van der Waals surface area contributed by atoms with Crippen molar-refractivity contribution in [2.75, 3.05) is 18.0 Å². The molecular weight excluding hydrogens is 384 g/mol. The maximum atomic E-state index is 6.32. The van der Waals surface area contributed by atoms with Crippen LogP contribution in [-0.2, 0) is 12.8 Å². The van der Waals surface area contributed by atoms with Crippen molar-refractivity contribution in [3.05, 3.63) is 59.5 Å². The molecule has 0 fully saturated rings. The molecule has 0 spiro atoms. The molecule has 31 heavy (non-hydrogen) atoms. The molecule has 0 amide bonds. The Labute approximate surface area is 186 Å². The number of pyridine rings is 1. The molecule has 0 unspecified atom stereocenters. The lowest BCUT2D eigenvalue weighted by Crippen LogP contribution is -2.27. The summed E-state index contributed by atoms with van der Waals surface area (Å²) >= 11 is 0. The Morgan fingerprint density at radius 1 is 0.871 bits per heavy atom. The molecule has 3 rings (SSSR count). The normalized spacial score (nSPS) is 10.9. The zero-order chi connectivity index (χ0) is 22.2. The van der Waals surface area contributed by atoms with Crippen LogP contribution in [-0.4, -0.2) is 28.0 Å². The third kappa shape index (κ3) is 5.22. The Kier molecular flexibility index (Phi) is 7.99. The van der Waals surface area contributed by atoms with E-state index < -0.39 is 0 Å². The Morgan fingerprint density at radius 2 is 1.55 bits per heavy atom. The average molecular weight is 419 g/mol. The van der Waals surface area contributed by atoms with Gasteiger partial charge in [0.2, 0.25) is 5.88 Å². The summed E-state index contributed by atoms with van der Waals surface area (Å²) in [6.07, 6.45) is 7.43. The van der Waals surface area contributed by atoms with Gasteiger partial charge in [-0.2, -0.15) is 4.98 Å². The van der Waals surface area contributed by atoms with Crippen molar-refractivity contribution in [2.45, 2.75) is 60.3 Å². The van der Waals surface area contributed by atoms with Gasteiger partial charge >= 0.3 is 0 Å². The van der Waals surface area contributed by atoms with Crippen LogP contribution in [0.2, 0.25) is 0 Å². The smallest absolute Gasteiger partial charge is 0.247 e. The van der Waals surface area contributed by atoms with Crippen LogP contribution < -0.4 is 9.64 Å². The van der Waals surface area contributed by atoms with E-state index in [1.807, 2.05) is 12.1 Å². The van der Waals surface area contributed by atoms with Crippen molar-refractivity contribution in [3.8, 4) is 23.0 Å². The van der Waals surface area contributed by atoms with Crippen molar-refractivity contribution >= 4 is 5.69 Å². The molecule has 0 bridgehead atoms. The number of hydrogen-bond donors (Lipinski definition) is 0. The third-order valence-corrected chi connectivity index (χ3v) is 5.40. The summed E-state index contributed by atoms with van der Waals surface area (Å²) in [5.41, 5.74) is 5.58. The molecule has 0 aliphatic rings. The molecule has 2 heterocycles. The predicted molar refractivity (Wildman–Crippen MR) is 128 cm³/mol. The van der Waals surface area contributed by atoms with Gasteiger partial charge in [0.25, 0.3) is 0 Å². The van der Waals surface area contributed by atoms with Crippen molar-refractivity contribution in [3.63, 3.8) is 0 Å². The van der Waals surface area contributed by atoms with Gasteiger partial charge in [0, 0.05) is 24.8 Å². The molecule has 0 aliphatic heterocycles. The standard InChI is InChI=1S/C26H34N4O/c1-6-16-30(17-7-2)24-19(5)28-25(23-20(8-3)12-10-13-21(23)9-4)29-26(24)31-22-14-11-15-27-18-22/h10-15,18H,6-9,16-17H2,1-5H3. The highest BCUT2D eigenvalue weighted by Crippen LogP contribution is 2.36. The quantitative estimate of drug-likeness (QED) is 0.382. The first-order valence-electron chi connectivity index (χ1n) is 11.4. The second-order valence-electron chi connectivity index (χ2n) is 7.72. The van der Waals surface area contributed by atoms with E-state index in [1.54, 1.807) is 12.4 Å². The largest absolute Gasteiger partial charge is 0.435 e. The van der Waals surface area contributed by atoms with E-state index in [0.717, 1.165) is 61.5 Å². The average Bonchev–Trinajstić information content (AvgIpc) is 2.79. The number of nitrogens with zero attached hydrogens (tertiary/aromatic N) is 4. The minimum Gasteiger partial charge on any atom is -0.435 e. The first-order chi connectivity index (χ1) is 15.1. The fraction of sp³-hybridized carbons (Fsp3) is 0.423. The fourth-order valence-electron chi connectivity index (χ4n) is 4.01. The van der Waals surface area contributed by atoms with E-state index in [0.29, 0.717) is 11.6 Å². The van der Waals surface area contributed by atoms with Crippen LogP contribution in [0.5, 0.6) is 11.6 Å². The molecule has 5 nitrogen and oxygen atoms in total. The van der Waals surface area contributed by atoms with Gasteiger partial charge in [-0.1, -0.05) is 45.9 Å². The molecule has 5 heteroatoms. The highest BCUT2D eigenvalue weighted by molar-refractivity contribution is 5.69. The highest BCUT2D eigenvalue weighted by Gasteiger charge is 2.22. The van der Waals surface area contributed by atoms with Gasteiger partial charge in [-0.25, -0.2) is 4.98 Å². The molecule has 3 aromatic rings. The second kappa shape index (κ2) is 10.9. The van der Waals surface area contributed by atoms with E-state index in [2.05, 4.69) is 62.7 Å². The molecule has 0 N–H and O–H groups in total. The molecule has 164 valence electrons. The molecule has 0 aliphatic carbocycles. The Balaban J connectivity index is 2.21. The number of aromatic nitrogens is 3. The minimum absolute atomic E-state index is 0.602. The van der Waals surface area contributed by atoms with Gasteiger partial charge in [0.1, 0.15) is 11.4 Å². The van der Waals surface area contributed by atoms with Gasteiger partial charge in [0.05, 0.1) is 11.9 Å². The van der Waals surface area contributed by atoms with E-state index in [9.17, 15) is 0 Å². The summed E-state index contributed by atoms with van der Waals surface area (Å²) in [5.74, 6) is 2.02. The fourth-order valence-corrected chi connectivity index (χ4v) is 4.01. The molecule has 0 saturated heterocycles. The Bertz CT molecular complexity index is 960. The number of rotatable bonds is 10. The minimum atomic E-state index is 0.602. The van der Waals surface area contributed by atoms with Gasteiger partial charge in [-0.05, 0) is 55.9 Å². The lowest BCUT2D eigenvalue weighted by atomic mass is 9.97. The summed E-state index contributed by atoms with van der Waals surface area (Å²) in [4.78, 5) is 16.5. The summed E-state index contributed by atoms with van der Waals surface area (Å²) in [7, 11) is 0. The summed E-state index contributed by atoms with van der Waals surface area (Å²) in [6.45, 7) is 12.7. The maximum absolute atomic E-state index is 6.32. The first kappa shape index (κ1) is 22.7. The lowest BCUT2D eigenvalue weighted by molar-refractivity contribution is 0.457. The third-order valence-electron chi connectivity index (χ3n) is 5.40. The Morgan fingerprint density at radius 3 is 2.10 bits per heavy atom. The topological polar surface area (TPSA) is 51.1 Å². The van der Waals surface area contributed by atoms with Crippen LogP contribution in [0.1, 0.15) is 57.4 Å². The summed E-state index contributed by atoms with van der Waals surface area (Å²) in [5, 5.41) is 0. The van der Waals surface area contributed by atoms with Crippen molar-refractivity contribution in [2.24, 2.45) is 0 Å². The van der Waals surface area contributed by atoms with Crippen LogP contribution in [0.3, 0.4) is 0 Å². The number of anilines is 1. The van der Waals surface area contributed by atoms with E-state index in [4.69, 9.17) is 14.7 Å². The van der Waals surface area contributed by atoms with Crippen molar-refractivity contribution < 1.29 is 4.74 Å². The zero-order valence-corrected chi connectivity index (χ0v) is 19.5. The van der Waals surface area contributed by atoms with Crippen LogP contribution in [0, 0.1) is 6.92 Å². The number of hydrogen-bond acceptors (Lipinski definition) is 5. The summed E-state index contributed by atoms with van der Waals surface area (Å²) < 4.78 is 6.32. The van der Waals surface area contributed by atoms with E-state index in [1.165, 1.54) is 11.1 Å². The van der Waals surface area contributed by atoms with Crippen molar-refractivity contribution in [1.29, 1.82) is 0 Å². The maximum Gasteiger partial charge on any atom is 0.247 e. The number of aryl methyl sites for hydroxylation is 3. The molecule has 0 atom stereocenters. The molecule has 0 saturated carbocycles. The number of ether oxygens (including phenoxy) is 1. The van der Waals surface area contributed by atoms with Crippen LogP contribution >= 0.6 is 0 Å². The lowest BCUT2D eigenvalue weighted by Gasteiger charge is -2.27. The SMILES string of the molecule is CCCN(CCC)c1c(C)nc(-c2c(CC)cccc2CC)nc1Oc1cccnc1. The van der Waals surface area contributed by atoms with Crippen LogP contribution in [0.15, 0.2) is 42.7 Å². The molecule has 2 aromatic heterocycles. The molecule has 0 radical (unpaired) electrons. The van der Waals surface area contributed by atoms with Crippen LogP contribution in [0.4, 0.5) is 5.69 Å². The van der Waals surface area contributed by atoms with E-state index in [-0.39, 0.29) is 0 Å². The monoisotopic (exact) mass is 418 g/mol. The predicted octanol–water partition coefficient (Wildman–Crippen LogP) is 6.39.